The second-order valence-electron chi connectivity index (χ2n) is 6.14. The number of carbonyl (C=O) groups excluding carboxylic acids is 2. The molecule has 1 aliphatic rings. The Kier molecular flexibility index (Phi) is 4.82. The van der Waals surface area contributed by atoms with Crippen molar-refractivity contribution in [1.29, 1.82) is 0 Å². The number of Topliss-reactive ketones (excluding diaryl/α,β-unsaturated/α-hetero) is 2. The number of nitrogens with zero attached hydrogens (tertiary/aromatic N) is 1. The topological polar surface area (TPSA) is 59.1 Å². The van der Waals surface area contributed by atoms with Crippen molar-refractivity contribution in [1.82, 2.24) is 4.98 Å². The second kappa shape index (κ2) is 6.81. The number of aromatic nitrogens is 1. The standard InChI is InChI=1S/C19H14ClF3N2O2/c1-9-10(2)18(27)16(17(9)26)24-12-8-13(20)25-15(14(12)19(21,22)23)11-6-4-3-5-7-11/h3-8,16H,1-2H3,(H,24,25). The molecular weight excluding hydrogens is 381 g/mol. The summed E-state index contributed by atoms with van der Waals surface area (Å²) < 4.78 is 41.5. The van der Waals surface area contributed by atoms with Crippen LogP contribution >= 0.6 is 11.6 Å². The summed E-state index contributed by atoms with van der Waals surface area (Å²) in [7, 11) is 0. The smallest absolute Gasteiger partial charge is 0.368 e. The maximum absolute atomic E-state index is 13.8. The quantitative estimate of drug-likeness (QED) is 0.606. The Hall–Kier alpha value is -2.67. The highest BCUT2D eigenvalue weighted by molar-refractivity contribution is 6.30. The van der Waals surface area contributed by atoms with Gasteiger partial charge in [-0.2, -0.15) is 13.2 Å². The second-order valence-corrected chi connectivity index (χ2v) is 6.52. The van der Waals surface area contributed by atoms with E-state index >= 15 is 0 Å². The molecule has 0 saturated heterocycles. The fourth-order valence-electron chi connectivity index (χ4n) is 2.93. The highest BCUT2D eigenvalue weighted by atomic mass is 35.5. The number of carbonyl (C=O) groups is 2. The minimum absolute atomic E-state index is 0.191. The van der Waals surface area contributed by atoms with E-state index < -0.39 is 35.0 Å². The van der Waals surface area contributed by atoms with Crippen LogP contribution in [-0.2, 0) is 15.8 Å². The van der Waals surface area contributed by atoms with Gasteiger partial charge in [-0.3, -0.25) is 9.59 Å². The predicted molar refractivity (Wildman–Crippen MR) is 95.5 cm³/mol. The van der Waals surface area contributed by atoms with Gasteiger partial charge in [-0.05, 0) is 19.9 Å². The van der Waals surface area contributed by atoms with Crippen LogP contribution in [0.3, 0.4) is 0 Å². The van der Waals surface area contributed by atoms with Crippen molar-refractivity contribution in [2.24, 2.45) is 0 Å². The van der Waals surface area contributed by atoms with Crippen LogP contribution in [0.15, 0.2) is 47.5 Å². The first-order valence-electron chi connectivity index (χ1n) is 7.97. The fraction of sp³-hybridized carbons (Fsp3) is 0.211. The molecule has 0 radical (unpaired) electrons. The molecule has 2 aromatic rings. The number of ketones is 2. The van der Waals surface area contributed by atoms with Gasteiger partial charge < -0.3 is 5.32 Å². The van der Waals surface area contributed by atoms with Gasteiger partial charge in [0.05, 0.1) is 11.4 Å². The number of alkyl halides is 3. The average molecular weight is 395 g/mol. The van der Waals surface area contributed by atoms with E-state index in [0.29, 0.717) is 0 Å². The van der Waals surface area contributed by atoms with Crippen molar-refractivity contribution in [3.63, 3.8) is 0 Å². The number of nitrogens with one attached hydrogen (secondary N) is 1. The largest absolute Gasteiger partial charge is 0.420 e. The molecule has 1 aromatic carbocycles. The van der Waals surface area contributed by atoms with Gasteiger partial charge in [-0.15, -0.1) is 0 Å². The van der Waals surface area contributed by atoms with Gasteiger partial charge in [0.25, 0.3) is 0 Å². The van der Waals surface area contributed by atoms with Crippen LogP contribution < -0.4 is 5.32 Å². The molecule has 0 atom stereocenters. The van der Waals surface area contributed by atoms with Gasteiger partial charge in [0.2, 0.25) is 0 Å². The summed E-state index contributed by atoms with van der Waals surface area (Å²) in [4.78, 5) is 28.4. The summed E-state index contributed by atoms with van der Waals surface area (Å²) in [5, 5.41) is 2.25. The van der Waals surface area contributed by atoms with Crippen molar-refractivity contribution in [2.75, 3.05) is 5.32 Å². The summed E-state index contributed by atoms with van der Waals surface area (Å²) in [6, 6.07) is 7.32. The van der Waals surface area contributed by atoms with Crippen LogP contribution in [0.4, 0.5) is 18.9 Å². The van der Waals surface area contributed by atoms with Gasteiger partial charge in [-0.1, -0.05) is 41.9 Å². The highest BCUT2D eigenvalue weighted by Gasteiger charge is 2.42. The molecular formula is C19H14ClF3N2O2. The maximum atomic E-state index is 13.8. The Morgan fingerprint density at radius 3 is 2.11 bits per heavy atom. The van der Waals surface area contributed by atoms with Crippen molar-refractivity contribution >= 4 is 28.9 Å². The summed E-state index contributed by atoms with van der Waals surface area (Å²) in [5.74, 6) is -1.11. The van der Waals surface area contributed by atoms with Crippen molar-refractivity contribution in [3.05, 3.63) is 58.3 Å². The van der Waals surface area contributed by atoms with Crippen LogP contribution in [0.2, 0.25) is 5.15 Å². The summed E-state index contributed by atoms with van der Waals surface area (Å²) in [6.07, 6.45) is -4.78. The van der Waals surface area contributed by atoms with Crippen LogP contribution in [0.5, 0.6) is 0 Å². The van der Waals surface area contributed by atoms with Crippen LogP contribution in [0.1, 0.15) is 19.4 Å². The zero-order chi connectivity index (χ0) is 19.9. The Morgan fingerprint density at radius 2 is 1.59 bits per heavy atom. The Balaban J connectivity index is 2.15. The molecule has 1 N–H and O–H groups in total. The van der Waals surface area contributed by atoms with E-state index in [1.807, 2.05) is 0 Å². The first-order chi connectivity index (χ1) is 12.6. The minimum atomic E-state index is -4.78. The van der Waals surface area contributed by atoms with E-state index in [9.17, 15) is 22.8 Å². The molecule has 0 unspecified atom stereocenters. The molecule has 1 aromatic heterocycles. The van der Waals surface area contributed by atoms with Gasteiger partial charge >= 0.3 is 6.18 Å². The molecule has 0 amide bonds. The van der Waals surface area contributed by atoms with Gasteiger partial charge in [-0.25, -0.2) is 4.98 Å². The molecule has 1 aliphatic carbocycles. The molecule has 8 heteroatoms. The zero-order valence-corrected chi connectivity index (χ0v) is 15.1. The van der Waals surface area contributed by atoms with Gasteiger partial charge in [0.15, 0.2) is 17.6 Å². The molecule has 0 saturated carbocycles. The molecule has 3 rings (SSSR count). The Bertz CT molecular complexity index is 945. The summed E-state index contributed by atoms with van der Waals surface area (Å²) in [6.45, 7) is 2.94. The maximum Gasteiger partial charge on any atom is 0.420 e. The zero-order valence-electron chi connectivity index (χ0n) is 14.3. The first kappa shape index (κ1) is 19.1. The lowest BCUT2D eigenvalue weighted by Gasteiger charge is -2.20. The van der Waals surface area contributed by atoms with Crippen LogP contribution in [0, 0.1) is 0 Å². The molecule has 0 fully saturated rings. The van der Waals surface area contributed by atoms with Crippen molar-refractivity contribution in [2.45, 2.75) is 26.1 Å². The number of hydrogen-bond acceptors (Lipinski definition) is 4. The van der Waals surface area contributed by atoms with Crippen molar-refractivity contribution < 1.29 is 22.8 Å². The average Bonchev–Trinajstić information content (AvgIpc) is 2.79. The summed E-state index contributed by atoms with van der Waals surface area (Å²) in [5.41, 5.74) is -1.25. The SMILES string of the molecule is CC1=C(C)C(=O)C(Nc2cc(Cl)nc(-c3ccccc3)c2C(F)(F)F)C1=O. The van der Waals surface area contributed by atoms with E-state index in [4.69, 9.17) is 11.6 Å². The number of halogens is 4. The van der Waals surface area contributed by atoms with E-state index in [0.717, 1.165) is 6.07 Å². The molecule has 27 heavy (non-hydrogen) atoms. The third-order valence-corrected chi connectivity index (χ3v) is 4.64. The molecule has 1 heterocycles. The number of benzene rings is 1. The van der Waals surface area contributed by atoms with E-state index in [1.54, 1.807) is 18.2 Å². The van der Waals surface area contributed by atoms with E-state index in [2.05, 4.69) is 10.3 Å². The van der Waals surface area contributed by atoms with Gasteiger partial charge in [0, 0.05) is 16.7 Å². The molecule has 140 valence electrons. The van der Waals surface area contributed by atoms with E-state index in [1.165, 1.54) is 26.0 Å². The molecule has 0 bridgehead atoms. The summed E-state index contributed by atoms with van der Waals surface area (Å²) >= 11 is 5.94. The Morgan fingerprint density at radius 1 is 1.04 bits per heavy atom. The number of anilines is 1. The van der Waals surface area contributed by atoms with Crippen molar-refractivity contribution in [3.8, 4) is 11.3 Å². The molecule has 0 aliphatic heterocycles. The Labute approximate surface area is 158 Å². The highest BCUT2D eigenvalue weighted by Crippen LogP contribution is 2.42. The molecule has 0 spiro atoms. The van der Waals surface area contributed by atoms with Gasteiger partial charge in [0.1, 0.15) is 10.7 Å². The number of rotatable bonds is 3. The normalized spacial score (nSPS) is 15.6. The fourth-order valence-corrected chi connectivity index (χ4v) is 3.12. The van der Waals surface area contributed by atoms with E-state index in [-0.39, 0.29) is 27.6 Å². The number of hydrogen-bond donors (Lipinski definition) is 1. The lowest BCUT2D eigenvalue weighted by Crippen LogP contribution is -2.34. The van der Waals surface area contributed by atoms with Crippen LogP contribution in [-0.4, -0.2) is 22.6 Å². The molecule has 4 nitrogen and oxygen atoms in total. The third kappa shape index (κ3) is 3.47. The predicted octanol–water partition coefficient (Wildman–Crippen LogP) is 4.69. The monoisotopic (exact) mass is 394 g/mol. The minimum Gasteiger partial charge on any atom is -0.368 e. The lowest BCUT2D eigenvalue weighted by molar-refractivity contribution is -0.137. The number of pyridine rings is 1. The third-order valence-electron chi connectivity index (χ3n) is 4.44. The van der Waals surface area contributed by atoms with Crippen LogP contribution in [0.25, 0.3) is 11.3 Å². The first-order valence-corrected chi connectivity index (χ1v) is 8.34. The lowest BCUT2D eigenvalue weighted by atomic mass is 10.0.